The predicted octanol–water partition coefficient (Wildman–Crippen LogP) is 2.29. The Morgan fingerprint density at radius 2 is 1.74 bits per heavy atom. The van der Waals surface area contributed by atoms with Crippen LogP contribution in [0, 0.1) is 5.82 Å². The highest BCUT2D eigenvalue weighted by Gasteiger charge is 2.26. The average molecular weight is 369 g/mol. The first kappa shape index (κ1) is 19.0. The summed E-state index contributed by atoms with van der Waals surface area (Å²) in [5.74, 6) is -1.03. The van der Waals surface area contributed by atoms with Crippen LogP contribution in [0.2, 0.25) is 0 Å². The van der Waals surface area contributed by atoms with E-state index in [1.165, 1.54) is 23.8 Å². The summed E-state index contributed by atoms with van der Waals surface area (Å²) in [6.07, 6.45) is 0. The maximum atomic E-state index is 13.2. The van der Waals surface area contributed by atoms with Crippen molar-refractivity contribution in [3.8, 4) is 0 Å². The van der Waals surface area contributed by atoms with Gasteiger partial charge >= 0.3 is 0 Å². The molecule has 2 aromatic rings. The molecule has 0 aromatic heterocycles. The largest absolute Gasteiger partial charge is 0.341 e. The number of piperazine rings is 1. The molecule has 1 saturated heterocycles. The van der Waals surface area contributed by atoms with Crippen LogP contribution in [0.15, 0.2) is 54.6 Å². The van der Waals surface area contributed by atoms with Gasteiger partial charge in [0.25, 0.3) is 5.91 Å². The van der Waals surface area contributed by atoms with Crippen LogP contribution < -0.4 is 5.32 Å². The summed E-state index contributed by atoms with van der Waals surface area (Å²) < 4.78 is 13.2. The molecule has 0 bridgehead atoms. The summed E-state index contributed by atoms with van der Waals surface area (Å²) in [5.41, 5.74) is 1.47. The third kappa shape index (κ3) is 5.14. The normalized spacial score (nSPS) is 16.0. The van der Waals surface area contributed by atoms with Crippen LogP contribution in [0.25, 0.3) is 0 Å². The van der Waals surface area contributed by atoms with E-state index in [0.29, 0.717) is 13.1 Å². The first-order valence-electron chi connectivity index (χ1n) is 9.14. The standard InChI is InChI=1S/C21H24FN3O2/c1-16(23-20(26)18-8-5-9-19(22)14-18)21(27)25-12-10-24(11-13-25)15-17-6-3-2-4-7-17/h2-9,14,16H,10-13,15H2,1H3,(H,23,26)/t16-/m0/s1. The second kappa shape index (κ2) is 8.77. The highest BCUT2D eigenvalue weighted by molar-refractivity contribution is 5.97. The Kier molecular flexibility index (Phi) is 6.19. The van der Waals surface area contributed by atoms with Gasteiger partial charge in [-0.05, 0) is 30.7 Å². The topological polar surface area (TPSA) is 52.7 Å². The third-order valence-electron chi connectivity index (χ3n) is 4.74. The molecule has 1 N–H and O–H groups in total. The van der Waals surface area contributed by atoms with E-state index in [1.54, 1.807) is 11.8 Å². The van der Waals surface area contributed by atoms with E-state index >= 15 is 0 Å². The van der Waals surface area contributed by atoms with E-state index in [4.69, 9.17) is 0 Å². The molecular formula is C21H24FN3O2. The summed E-state index contributed by atoms with van der Waals surface area (Å²) in [5, 5.41) is 2.66. The molecule has 5 nitrogen and oxygen atoms in total. The lowest BCUT2D eigenvalue weighted by atomic mass is 10.1. The summed E-state index contributed by atoms with van der Waals surface area (Å²) in [6.45, 7) is 5.39. The maximum Gasteiger partial charge on any atom is 0.252 e. The Balaban J connectivity index is 1.49. The fourth-order valence-electron chi connectivity index (χ4n) is 3.21. The number of hydrogen-bond acceptors (Lipinski definition) is 3. The number of nitrogens with one attached hydrogen (secondary N) is 1. The van der Waals surface area contributed by atoms with Gasteiger partial charge in [0.2, 0.25) is 5.91 Å². The second-order valence-electron chi connectivity index (χ2n) is 6.79. The van der Waals surface area contributed by atoms with Gasteiger partial charge in [0.15, 0.2) is 0 Å². The van der Waals surface area contributed by atoms with E-state index in [9.17, 15) is 14.0 Å². The third-order valence-corrected chi connectivity index (χ3v) is 4.74. The Hall–Kier alpha value is -2.73. The molecule has 1 aliphatic heterocycles. The number of carbonyl (C=O) groups excluding carboxylic acids is 2. The minimum absolute atomic E-state index is 0.112. The van der Waals surface area contributed by atoms with Crippen molar-refractivity contribution in [2.24, 2.45) is 0 Å². The number of carbonyl (C=O) groups is 2. The van der Waals surface area contributed by atoms with Crippen molar-refractivity contribution >= 4 is 11.8 Å². The van der Waals surface area contributed by atoms with Crippen molar-refractivity contribution in [3.63, 3.8) is 0 Å². The molecule has 1 heterocycles. The molecule has 142 valence electrons. The smallest absolute Gasteiger partial charge is 0.252 e. The molecule has 2 amide bonds. The van der Waals surface area contributed by atoms with Gasteiger partial charge in [-0.15, -0.1) is 0 Å². The van der Waals surface area contributed by atoms with Crippen molar-refractivity contribution in [1.29, 1.82) is 0 Å². The maximum absolute atomic E-state index is 13.2. The highest BCUT2D eigenvalue weighted by Crippen LogP contribution is 2.10. The molecule has 0 spiro atoms. The Labute approximate surface area is 158 Å². The lowest BCUT2D eigenvalue weighted by Crippen LogP contribution is -2.53. The number of rotatable bonds is 5. The van der Waals surface area contributed by atoms with Gasteiger partial charge in [-0.2, -0.15) is 0 Å². The van der Waals surface area contributed by atoms with Crippen molar-refractivity contribution < 1.29 is 14.0 Å². The zero-order valence-corrected chi connectivity index (χ0v) is 15.4. The van der Waals surface area contributed by atoms with Crippen molar-refractivity contribution in [2.75, 3.05) is 26.2 Å². The first-order chi connectivity index (χ1) is 13.0. The van der Waals surface area contributed by atoms with Crippen LogP contribution in [0.1, 0.15) is 22.8 Å². The van der Waals surface area contributed by atoms with E-state index in [2.05, 4.69) is 22.3 Å². The number of hydrogen-bond donors (Lipinski definition) is 1. The van der Waals surface area contributed by atoms with Crippen LogP contribution in [-0.2, 0) is 11.3 Å². The minimum Gasteiger partial charge on any atom is -0.341 e. The van der Waals surface area contributed by atoms with Crippen LogP contribution >= 0.6 is 0 Å². The van der Waals surface area contributed by atoms with Crippen LogP contribution in [0.4, 0.5) is 4.39 Å². The molecule has 6 heteroatoms. The molecule has 0 radical (unpaired) electrons. The fourth-order valence-corrected chi connectivity index (χ4v) is 3.21. The molecule has 1 atom stereocenters. The molecule has 1 aliphatic rings. The lowest BCUT2D eigenvalue weighted by Gasteiger charge is -2.36. The summed E-state index contributed by atoms with van der Waals surface area (Å²) >= 11 is 0. The van der Waals surface area contributed by atoms with Gasteiger partial charge in [0.1, 0.15) is 11.9 Å². The number of nitrogens with zero attached hydrogens (tertiary/aromatic N) is 2. The predicted molar refractivity (Wildman–Crippen MR) is 102 cm³/mol. The molecule has 3 rings (SSSR count). The average Bonchev–Trinajstić information content (AvgIpc) is 2.69. The molecule has 2 aromatic carbocycles. The van der Waals surface area contributed by atoms with Gasteiger partial charge < -0.3 is 10.2 Å². The number of halogens is 1. The fraction of sp³-hybridized carbons (Fsp3) is 0.333. The molecule has 0 aliphatic carbocycles. The molecule has 1 fully saturated rings. The first-order valence-corrected chi connectivity index (χ1v) is 9.14. The van der Waals surface area contributed by atoms with Crippen LogP contribution in [0.5, 0.6) is 0 Å². The summed E-state index contributed by atoms with van der Waals surface area (Å²) in [6, 6.07) is 15.0. The summed E-state index contributed by atoms with van der Waals surface area (Å²) in [4.78, 5) is 28.9. The minimum atomic E-state index is -0.651. The molecule has 27 heavy (non-hydrogen) atoms. The van der Waals surface area contributed by atoms with Gasteiger partial charge in [-0.1, -0.05) is 36.4 Å². The monoisotopic (exact) mass is 369 g/mol. The van der Waals surface area contributed by atoms with Crippen LogP contribution in [0.3, 0.4) is 0 Å². The van der Waals surface area contributed by atoms with E-state index in [0.717, 1.165) is 25.7 Å². The Morgan fingerprint density at radius 1 is 1.04 bits per heavy atom. The van der Waals surface area contributed by atoms with E-state index < -0.39 is 17.8 Å². The zero-order chi connectivity index (χ0) is 19.2. The van der Waals surface area contributed by atoms with Gasteiger partial charge in [-0.3, -0.25) is 14.5 Å². The Bertz CT molecular complexity index is 789. The van der Waals surface area contributed by atoms with Crippen LogP contribution in [-0.4, -0.2) is 53.8 Å². The SMILES string of the molecule is C[C@H](NC(=O)c1cccc(F)c1)C(=O)N1CCN(Cc2ccccc2)CC1. The second-order valence-corrected chi connectivity index (χ2v) is 6.79. The van der Waals surface area contributed by atoms with Crippen molar-refractivity contribution in [1.82, 2.24) is 15.1 Å². The summed E-state index contributed by atoms with van der Waals surface area (Å²) in [7, 11) is 0. The van der Waals surface area contributed by atoms with Gasteiger partial charge in [-0.25, -0.2) is 4.39 Å². The molecule has 0 saturated carbocycles. The molecular weight excluding hydrogens is 345 g/mol. The number of amides is 2. The Morgan fingerprint density at radius 3 is 2.41 bits per heavy atom. The van der Waals surface area contributed by atoms with Gasteiger partial charge in [0.05, 0.1) is 0 Å². The van der Waals surface area contributed by atoms with Gasteiger partial charge in [0, 0.05) is 38.3 Å². The van der Waals surface area contributed by atoms with E-state index in [-0.39, 0.29) is 11.5 Å². The lowest BCUT2D eigenvalue weighted by molar-refractivity contribution is -0.134. The zero-order valence-electron chi connectivity index (χ0n) is 15.4. The molecule has 0 unspecified atom stereocenters. The van der Waals surface area contributed by atoms with Crippen molar-refractivity contribution in [2.45, 2.75) is 19.5 Å². The van der Waals surface area contributed by atoms with Crippen molar-refractivity contribution in [3.05, 3.63) is 71.5 Å². The highest BCUT2D eigenvalue weighted by atomic mass is 19.1. The van der Waals surface area contributed by atoms with E-state index in [1.807, 2.05) is 18.2 Å². The number of benzene rings is 2. The quantitative estimate of drug-likeness (QED) is 0.880.